The van der Waals surface area contributed by atoms with Crippen LogP contribution in [-0.2, 0) is 6.18 Å². The highest BCUT2D eigenvalue weighted by Crippen LogP contribution is 2.33. The molecular formula is C24H21F3N6O3. The first-order chi connectivity index (χ1) is 17.1. The number of carbonyl (C=O) groups is 1. The van der Waals surface area contributed by atoms with E-state index in [0.717, 1.165) is 31.4 Å². The maximum atomic E-state index is 13.5. The number of hydrogen-bond acceptors (Lipinski definition) is 7. The van der Waals surface area contributed by atoms with E-state index in [1.807, 2.05) is 0 Å². The second-order valence-electron chi connectivity index (χ2n) is 8.60. The minimum Gasteiger partial charge on any atom is -0.408 e. The van der Waals surface area contributed by atoms with E-state index >= 15 is 0 Å². The smallest absolute Gasteiger partial charge is 0.408 e. The van der Waals surface area contributed by atoms with Crippen LogP contribution in [0.15, 0.2) is 51.8 Å². The highest BCUT2D eigenvalue weighted by molar-refractivity contribution is 5.95. The summed E-state index contributed by atoms with van der Waals surface area (Å²) in [5.74, 6) is -0.708. The Hall–Kier alpha value is -4.35. The summed E-state index contributed by atoms with van der Waals surface area (Å²) >= 11 is 0. The molecule has 0 spiro atoms. The summed E-state index contributed by atoms with van der Waals surface area (Å²) in [5.41, 5.74) is 1.12. The third-order valence-corrected chi connectivity index (χ3v) is 5.87. The van der Waals surface area contributed by atoms with E-state index in [4.69, 9.17) is 4.42 Å². The number of nitrogens with zero attached hydrogens (tertiary/aromatic N) is 2. The minimum atomic E-state index is -4.64. The van der Waals surface area contributed by atoms with Crippen molar-refractivity contribution in [2.45, 2.75) is 38.4 Å². The van der Waals surface area contributed by atoms with Crippen LogP contribution >= 0.6 is 0 Å². The number of anilines is 4. The van der Waals surface area contributed by atoms with Gasteiger partial charge in [-0.1, -0.05) is 0 Å². The molecule has 2 aromatic heterocycles. The number of oxazole rings is 1. The number of H-pyrrole nitrogens is 1. The van der Waals surface area contributed by atoms with Crippen LogP contribution in [0.2, 0.25) is 0 Å². The van der Waals surface area contributed by atoms with E-state index < -0.39 is 23.4 Å². The summed E-state index contributed by atoms with van der Waals surface area (Å²) in [5, 5.41) is 8.63. The van der Waals surface area contributed by atoms with Crippen LogP contribution in [0.4, 0.5) is 36.3 Å². The van der Waals surface area contributed by atoms with Gasteiger partial charge in [0.15, 0.2) is 5.58 Å². The van der Waals surface area contributed by atoms with Gasteiger partial charge in [-0.05, 0) is 62.6 Å². The summed E-state index contributed by atoms with van der Waals surface area (Å²) in [6.07, 6.45) is -0.529. The van der Waals surface area contributed by atoms with Crippen molar-refractivity contribution in [2.24, 2.45) is 0 Å². The van der Waals surface area contributed by atoms with E-state index in [0.29, 0.717) is 28.2 Å². The zero-order valence-corrected chi connectivity index (χ0v) is 19.0. The van der Waals surface area contributed by atoms with Gasteiger partial charge in [-0.2, -0.15) is 18.2 Å². The zero-order valence-electron chi connectivity index (χ0n) is 19.0. The topological polar surface area (TPSA) is 125 Å². The van der Waals surface area contributed by atoms with E-state index in [1.165, 1.54) is 12.3 Å². The lowest BCUT2D eigenvalue weighted by Crippen LogP contribution is -2.39. The zero-order chi connectivity index (χ0) is 25.4. The average Bonchev–Trinajstić information content (AvgIpc) is 3.17. The number of aromatic amines is 1. The van der Waals surface area contributed by atoms with Crippen LogP contribution in [0.5, 0.6) is 0 Å². The maximum absolute atomic E-state index is 13.5. The number of fused-ring (bicyclic) bond motifs is 1. The molecule has 0 aliphatic heterocycles. The van der Waals surface area contributed by atoms with Gasteiger partial charge in [0, 0.05) is 34.7 Å². The van der Waals surface area contributed by atoms with Gasteiger partial charge in [-0.3, -0.25) is 9.78 Å². The van der Waals surface area contributed by atoms with Crippen LogP contribution in [0, 0.1) is 6.92 Å². The van der Waals surface area contributed by atoms with Gasteiger partial charge >= 0.3 is 11.9 Å². The number of benzene rings is 2. The molecule has 1 aliphatic rings. The van der Waals surface area contributed by atoms with Crippen molar-refractivity contribution in [1.82, 2.24) is 20.3 Å². The fourth-order valence-electron chi connectivity index (χ4n) is 3.74. The second kappa shape index (κ2) is 9.02. The fourth-order valence-corrected chi connectivity index (χ4v) is 3.74. The van der Waals surface area contributed by atoms with Crippen molar-refractivity contribution < 1.29 is 22.4 Å². The largest absolute Gasteiger partial charge is 0.417 e. The normalized spacial score (nSPS) is 13.9. The Morgan fingerprint density at radius 2 is 1.92 bits per heavy atom. The molecule has 0 bridgehead atoms. The lowest BCUT2D eigenvalue weighted by atomic mass is 9.93. The van der Waals surface area contributed by atoms with Crippen molar-refractivity contribution in [3.63, 3.8) is 0 Å². The number of halogens is 3. The summed E-state index contributed by atoms with van der Waals surface area (Å²) in [6, 6.07) is 8.02. The third kappa shape index (κ3) is 5.02. The van der Waals surface area contributed by atoms with Crippen molar-refractivity contribution in [3.05, 3.63) is 69.8 Å². The summed E-state index contributed by atoms with van der Waals surface area (Å²) in [6.45, 7) is 1.76. The number of rotatable bonds is 6. The molecular weight excluding hydrogens is 477 g/mol. The third-order valence-electron chi connectivity index (χ3n) is 5.87. The van der Waals surface area contributed by atoms with Gasteiger partial charge in [0.25, 0.3) is 5.91 Å². The van der Waals surface area contributed by atoms with Crippen LogP contribution in [0.3, 0.4) is 0 Å². The maximum Gasteiger partial charge on any atom is 0.417 e. The molecule has 9 nitrogen and oxygen atoms in total. The predicted molar refractivity (Wildman–Crippen MR) is 127 cm³/mol. The Kier molecular flexibility index (Phi) is 5.86. The van der Waals surface area contributed by atoms with E-state index in [2.05, 4.69) is 30.9 Å². The summed E-state index contributed by atoms with van der Waals surface area (Å²) in [4.78, 5) is 35.0. The molecule has 0 atom stereocenters. The highest BCUT2D eigenvalue weighted by Gasteiger charge is 2.32. The van der Waals surface area contributed by atoms with Gasteiger partial charge in [0.1, 0.15) is 5.82 Å². The van der Waals surface area contributed by atoms with Crippen LogP contribution in [-0.4, -0.2) is 26.9 Å². The summed E-state index contributed by atoms with van der Waals surface area (Å²) in [7, 11) is 0. The molecule has 4 aromatic rings. The Labute approximate surface area is 202 Å². The molecule has 5 rings (SSSR count). The molecule has 0 unspecified atom stereocenters. The molecule has 0 radical (unpaired) electrons. The van der Waals surface area contributed by atoms with Crippen molar-refractivity contribution in [3.8, 4) is 0 Å². The first-order valence-corrected chi connectivity index (χ1v) is 11.2. The molecule has 36 heavy (non-hydrogen) atoms. The molecule has 2 heterocycles. The predicted octanol–water partition coefficient (Wildman–Crippen LogP) is 5.01. The number of aryl methyl sites for hydroxylation is 1. The Morgan fingerprint density at radius 1 is 1.11 bits per heavy atom. The lowest BCUT2D eigenvalue weighted by Gasteiger charge is -2.26. The fraction of sp³-hybridized carbons (Fsp3) is 0.250. The Balaban J connectivity index is 1.41. The second-order valence-corrected chi connectivity index (χ2v) is 8.60. The number of aromatic nitrogens is 3. The van der Waals surface area contributed by atoms with E-state index in [1.54, 1.807) is 25.1 Å². The Bertz CT molecular complexity index is 1510. The molecule has 4 N–H and O–H groups in total. The molecule has 2 aromatic carbocycles. The molecule has 0 saturated heterocycles. The molecule has 12 heteroatoms. The monoisotopic (exact) mass is 498 g/mol. The van der Waals surface area contributed by atoms with Gasteiger partial charge in [0.05, 0.1) is 11.1 Å². The van der Waals surface area contributed by atoms with E-state index in [-0.39, 0.29) is 23.2 Å². The van der Waals surface area contributed by atoms with Crippen LogP contribution < -0.4 is 21.7 Å². The first kappa shape index (κ1) is 23.4. The summed E-state index contributed by atoms with van der Waals surface area (Å²) < 4.78 is 45.6. The van der Waals surface area contributed by atoms with Crippen molar-refractivity contribution in [2.75, 3.05) is 10.6 Å². The lowest BCUT2D eigenvalue weighted by molar-refractivity contribution is -0.137. The van der Waals surface area contributed by atoms with Crippen LogP contribution in [0.1, 0.15) is 40.7 Å². The number of amides is 1. The molecule has 1 amide bonds. The SMILES string of the molecule is Cc1cnc(Nc2cc(C(=O)NC3CCC3)cc(C(F)(F)F)c2)nc1Nc1ccc2oc(=O)[nH]c2c1. The molecule has 1 fully saturated rings. The van der Waals surface area contributed by atoms with Crippen LogP contribution in [0.25, 0.3) is 11.1 Å². The van der Waals surface area contributed by atoms with Crippen molar-refractivity contribution in [1.29, 1.82) is 0 Å². The quantitative estimate of drug-likeness (QED) is 0.295. The van der Waals surface area contributed by atoms with Gasteiger partial charge in [-0.25, -0.2) is 9.78 Å². The van der Waals surface area contributed by atoms with Crippen molar-refractivity contribution >= 4 is 40.1 Å². The van der Waals surface area contributed by atoms with E-state index in [9.17, 15) is 22.8 Å². The number of hydrogen-bond donors (Lipinski definition) is 4. The number of alkyl halides is 3. The standard InChI is InChI=1S/C24H21F3N6O3/c1-12-11-28-22(33-20(12)29-16-5-6-19-18(10-16)32-23(35)36-19)31-17-8-13(7-14(9-17)24(25,26)27)21(34)30-15-3-2-4-15/h5-11,15H,2-4H2,1H3,(H,30,34)(H,32,35)(H2,28,29,31,33). The van der Waals surface area contributed by atoms with Gasteiger partial charge in [0.2, 0.25) is 5.95 Å². The number of nitrogens with one attached hydrogen (secondary N) is 4. The molecule has 1 aliphatic carbocycles. The minimum absolute atomic E-state index is 0.0170. The van der Waals surface area contributed by atoms with Gasteiger partial charge in [-0.15, -0.1) is 0 Å². The Morgan fingerprint density at radius 3 is 2.64 bits per heavy atom. The molecule has 186 valence electrons. The average molecular weight is 498 g/mol. The first-order valence-electron chi connectivity index (χ1n) is 11.2. The number of carbonyl (C=O) groups excluding carboxylic acids is 1. The van der Waals surface area contributed by atoms with Gasteiger partial charge < -0.3 is 20.4 Å². The molecule has 1 saturated carbocycles. The highest BCUT2D eigenvalue weighted by atomic mass is 19.4.